The standard InChI is InChI=1S/C15H23N5O2/c1-15(2,3)22-14(21)20-8-6-19(7-9-20)12-5-4-11(10-18-12)13(16)17/h4-5,10H,6-9H2,1-3H3,(H3,16,17). The van der Waals surface area contributed by atoms with Gasteiger partial charge in [-0.15, -0.1) is 0 Å². The van der Waals surface area contributed by atoms with Gasteiger partial charge in [-0.1, -0.05) is 0 Å². The Labute approximate surface area is 130 Å². The first-order valence-corrected chi connectivity index (χ1v) is 7.29. The Bertz CT molecular complexity index is 542. The maximum Gasteiger partial charge on any atom is 0.410 e. The van der Waals surface area contributed by atoms with Crippen LogP contribution < -0.4 is 10.6 Å². The van der Waals surface area contributed by atoms with Gasteiger partial charge in [0.05, 0.1) is 0 Å². The Hall–Kier alpha value is -2.31. The summed E-state index contributed by atoms with van der Waals surface area (Å²) in [7, 11) is 0. The van der Waals surface area contributed by atoms with Crippen LogP contribution in [0.4, 0.5) is 10.6 Å². The molecule has 0 aliphatic carbocycles. The van der Waals surface area contributed by atoms with Gasteiger partial charge in [0, 0.05) is 37.9 Å². The topological polar surface area (TPSA) is 95.5 Å². The number of carbonyl (C=O) groups excluding carboxylic acids is 1. The number of ether oxygens (including phenoxy) is 1. The van der Waals surface area contributed by atoms with E-state index in [9.17, 15) is 4.79 Å². The van der Waals surface area contributed by atoms with Gasteiger partial charge in [0.2, 0.25) is 0 Å². The molecule has 22 heavy (non-hydrogen) atoms. The van der Waals surface area contributed by atoms with Gasteiger partial charge in [0.25, 0.3) is 0 Å². The molecular weight excluding hydrogens is 282 g/mol. The highest BCUT2D eigenvalue weighted by Crippen LogP contribution is 2.16. The molecule has 1 aliphatic rings. The lowest BCUT2D eigenvalue weighted by Crippen LogP contribution is -2.50. The molecule has 120 valence electrons. The van der Waals surface area contributed by atoms with Crippen LogP contribution in [0.2, 0.25) is 0 Å². The number of aromatic nitrogens is 1. The molecule has 7 nitrogen and oxygen atoms in total. The first-order chi connectivity index (χ1) is 10.3. The molecule has 0 bridgehead atoms. The third-order valence-electron chi connectivity index (χ3n) is 3.31. The number of piperazine rings is 1. The summed E-state index contributed by atoms with van der Waals surface area (Å²) in [6, 6.07) is 3.63. The van der Waals surface area contributed by atoms with Crippen LogP contribution in [-0.2, 0) is 4.74 Å². The van der Waals surface area contributed by atoms with E-state index in [1.54, 1.807) is 17.2 Å². The third-order valence-corrected chi connectivity index (χ3v) is 3.31. The van der Waals surface area contributed by atoms with Crippen molar-refractivity contribution in [3.63, 3.8) is 0 Å². The zero-order chi connectivity index (χ0) is 16.3. The molecular formula is C15H23N5O2. The van der Waals surface area contributed by atoms with Crippen LogP contribution in [0, 0.1) is 5.41 Å². The monoisotopic (exact) mass is 305 g/mol. The molecule has 1 amide bonds. The van der Waals surface area contributed by atoms with E-state index in [4.69, 9.17) is 15.9 Å². The second kappa shape index (κ2) is 6.21. The van der Waals surface area contributed by atoms with Gasteiger partial charge in [-0.3, -0.25) is 5.41 Å². The number of carbonyl (C=O) groups is 1. The van der Waals surface area contributed by atoms with Crippen molar-refractivity contribution < 1.29 is 9.53 Å². The number of nitrogens with zero attached hydrogens (tertiary/aromatic N) is 3. The number of amides is 1. The van der Waals surface area contributed by atoms with Crippen LogP contribution in [-0.4, -0.2) is 53.6 Å². The minimum atomic E-state index is -0.474. The van der Waals surface area contributed by atoms with E-state index < -0.39 is 5.60 Å². The minimum absolute atomic E-state index is 0.00814. The summed E-state index contributed by atoms with van der Waals surface area (Å²) < 4.78 is 5.38. The van der Waals surface area contributed by atoms with E-state index in [0.29, 0.717) is 31.7 Å². The number of rotatable bonds is 2. The Kier molecular flexibility index (Phi) is 4.54. The van der Waals surface area contributed by atoms with Crippen molar-refractivity contribution >= 4 is 17.7 Å². The van der Waals surface area contributed by atoms with Crippen LogP contribution in [0.25, 0.3) is 0 Å². The van der Waals surface area contributed by atoms with E-state index in [2.05, 4.69) is 9.88 Å². The van der Waals surface area contributed by atoms with E-state index in [1.165, 1.54) is 0 Å². The van der Waals surface area contributed by atoms with Gasteiger partial charge in [-0.05, 0) is 32.9 Å². The number of nitrogens with two attached hydrogens (primary N) is 1. The highest BCUT2D eigenvalue weighted by atomic mass is 16.6. The van der Waals surface area contributed by atoms with Crippen molar-refractivity contribution in [1.29, 1.82) is 5.41 Å². The number of hydrogen-bond acceptors (Lipinski definition) is 5. The average Bonchev–Trinajstić information content (AvgIpc) is 2.46. The van der Waals surface area contributed by atoms with Gasteiger partial charge < -0.3 is 20.3 Å². The Balaban J connectivity index is 1.91. The SMILES string of the molecule is CC(C)(C)OC(=O)N1CCN(c2ccc(C(=N)N)cn2)CC1. The summed E-state index contributed by atoms with van der Waals surface area (Å²) in [5, 5.41) is 7.36. The highest BCUT2D eigenvalue weighted by molar-refractivity contribution is 5.94. The zero-order valence-electron chi connectivity index (χ0n) is 13.3. The molecule has 0 spiro atoms. The summed E-state index contributed by atoms with van der Waals surface area (Å²) >= 11 is 0. The van der Waals surface area contributed by atoms with Crippen LogP contribution >= 0.6 is 0 Å². The second-order valence-corrected chi connectivity index (χ2v) is 6.27. The van der Waals surface area contributed by atoms with Gasteiger partial charge >= 0.3 is 6.09 Å². The molecule has 2 heterocycles. The summed E-state index contributed by atoms with van der Waals surface area (Å²) in [6.07, 6.45) is 1.32. The Morgan fingerprint density at radius 1 is 1.27 bits per heavy atom. The van der Waals surface area contributed by atoms with E-state index in [1.807, 2.05) is 26.8 Å². The lowest BCUT2D eigenvalue weighted by Gasteiger charge is -2.36. The predicted molar refractivity (Wildman–Crippen MR) is 85.3 cm³/mol. The van der Waals surface area contributed by atoms with E-state index in [-0.39, 0.29) is 11.9 Å². The van der Waals surface area contributed by atoms with Crippen LogP contribution in [0.3, 0.4) is 0 Å². The van der Waals surface area contributed by atoms with Crippen LogP contribution in [0.1, 0.15) is 26.3 Å². The molecule has 1 aliphatic heterocycles. The summed E-state index contributed by atoms with van der Waals surface area (Å²) in [6.45, 7) is 8.19. The van der Waals surface area contributed by atoms with Crippen LogP contribution in [0.5, 0.6) is 0 Å². The quantitative estimate of drug-likeness (QED) is 0.636. The Morgan fingerprint density at radius 2 is 1.91 bits per heavy atom. The number of pyridine rings is 1. The molecule has 1 saturated heterocycles. The molecule has 2 rings (SSSR count). The summed E-state index contributed by atoms with van der Waals surface area (Å²) in [5.74, 6) is 0.836. The molecule has 3 N–H and O–H groups in total. The number of nitrogen functional groups attached to an aromatic ring is 1. The summed E-state index contributed by atoms with van der Waals surface area (Å²) in [5.41, 5.74) is 5.55. The van der Waals surface area contributed by atoms with Crippen molar-refractivity contribution in [1.82, 2.24) is 9.88 Å². The van der Waals surface area contributed by atoms with Gasteiger partial charge in [-0.2, -0.15) is 0 Å². The van der Waals surface area contributed by atoms with Crippen molar-refractivity contribution in [2.75, 3.05) is 31.1 Å². The number of nitrogens with one attached hydrogen (secondary N) is 1. The fourth-order valence-electron chi connectivity index (χ4n) is 2.18. The highest BCUT2D eigenvalue weighted by Gasteiger charge is 2.26. The largest absolute Gasteiger partial charge is 0.444 e. The first-order valence-electron chi connectivity index (χ1n) is 7.29. The van der Waals surface area contributed by atoms with Gasteiger partial charge in [0.1, 0.15) is 17.3 Å². The van der Waals surface area contributed by atoms with Gasteiger partial charge in [-0.25, -0.2) is 9.78 Å². The Morgan fingerprint density at radius 3 is 2.36 bits per heavy atom. The van der Waals surface area contributed by atoms with E-state index >= 15 is 0 Å². The average molecular weight is 305 g/mol. The molecule has 0 saturated carbocycles. The first kappa shape index (κ1) is 16.1. The fourth-order valence-corrected chi connectivity index (χ4v) is 2.18. The normalized spacial score (nSPS) is 15.6. The molecule has 0 radical (unpaired) electrons. The van der Waals surface area contributed by atoms with Crippen molar-refractivity contribution in [3.05, 3.63) is 23.9 Å². The lowest BCUT2D eigenvalue weighted by molar-refractivity contribution is 0.0240. The predicted octanol–water partition coefficient (Wildman–Crippen LogP) is 1.42. The number of amidine groups is 1. The molecule has 0 aromatic carbocycles. The summed E-state index contributed by atoms with van der Waals surface area (Å²) in [4.78, 5) is 20.1. The maximum atomic E-state index is 12.0. The molecule has 1 aromatic heterocycles. The maximum absolute atomic E-state index is 12.0. The fraction of sp³-hybridized carbons (Fsp3) is 0.533. The zero-order valence-corrected chi connectivity index (χ0v) is 13.3. The van der Waals surface area contributed by atoms with Crippen molar-refractivity contribution in [2.24, 2.45) is 5.73 Å². The third kappa shape index (κ3) is 4.09. The van der Waals surface area contributed by atoms with Crippen molar-refractivity contribution in [2.45, 2.75) is 26.4 Å². The molecule has 1 aromatic rings. The molecule has 0 unspecified atom stereocenters. The molecule has 7 heteroatoms. The van der Waals surface area contributed by atoms with Crippen LogP contribution in [0.15, 0.2) is 18.3 Å². The van der Waals surface area contributed by atoms with Crippen molar-refractivity contribution in [3.8, 4) is 0 Å². The van der Waals surface area contributed by atoms with E-state index in [0.717, 1.165) is 5.82 Å². The molecule has 1 fully saturated rings. The van der Waals surface area contributed by atoms with Gasteiger partial charge in [0.15, 0.2) is 0 Å². The minimum Gasteiger partial charge on any atom is -0.444 e. The lowest BCUT2D eigenvalue weighted by atomic mass is 10.2. The number of anilines is 1. The number of hydrogen-bond donors (Lipinski definition) is 2. The second-order valence-electron chi connectivity index (χ2n) is 6.27. The molecule has 0 atom stereocenters. The smallest absolute Gasteiger partial charge is 0.410 e.